The minimum Gasteiger partial charge on any atom is -0.508 e. The van der Waals surface area contributed by atoms with E-state index in [-0.39, 0.29) is 11.9 Å². The molecule has 0 aromatic heterocycles. The van der Waals surface area contributed by atoms with E-state index < -0.39 is 0 Å². The zero-order valence-electron chi connectivity index (χ0n) is 28.2. The second-order valence-electron chi connectivity index (χ2n) is 12.0. The smallest absolute Gasteiger partial charge is 0.196 e. The van der Waals surface area contributed by atoms with Crippen molar-refractivity contribution in [1.29, 1.82) is 0 Å². The van der Waals surface area contributed by atoms with Gasteiger partial charge < -0.3 is 19.3 Å². The molecule has 0 heterocycles. The molecule has 0 spiro atoms. The van der Waals surface area contributed by atoms with Gasteiger partial charge in [-0.25, -0.2) is 0 Å². The Bertz CT molecular complexity index is 1080. The zero-order chi connectivity index (χ0) is 31.7. The van der Waals surface area contributed by atoms with Gasteiger partial charge in [0.25, 0.3) is 0 Å². The van der Waals surface area contributed by atoms with Crippen molar-refractivity contribution in [2.24, 2.45) is 0 Å². The van der Waals surface area contributed by atoms with Crippen LogP contribution in [-0.4, -0.2) is 23.6 Å². The topological polar surface area (TPSA) is 47.9 Å². The van der Waals surface area contributed by atoms with Crippen molar-refractivity contribution in [3.05, 3.63) is 89.5 Å². The molecular formula is C38H58O4. The van der Waals surface area contributed by atoms with Gasteiger partial charge in [-0.15, -0.1) is 0 Å². The van der Waals surface area contributed by atoms with Gasteiger partial charge in [0, 0.05) is 6.61 Å². The lowest BCUT2D eigenvalue weighted by atomic mass is 9.99. The van der Waals surface area contributed by atoms with Crippen molar-refractivity contribution in [3.8, 4) is 17.2 Å². The van der Waals surface area contributed by atoms with Crippen molar-refractivity contribution in [2.75, 3.05) is 6.61 Å². The van der Waals surface area contributed by atoms with Crippen LogP contribution >= 0.6 is 0 Å². The van der Waals surface area contributed by atoms with Crippen LogP contribution in [0.3, 0.4) is 0 Å². The van der Waals surface area contributed by atoms with E-state index in [1.807, 2.05) is 38.1 Å². The van der Waals surface area contributed by atoms with Crippen molar-refractivity contribution in [1.82, 2.24) is 0 Å². The molecule has 1 N–H and O–H groups in total. The Balaban J connectivity index is 0.000000320. The minimum absolute atomic E-state index is 0.113. The molecule has 4 heteroatoms. The van der Waals surface area contributed by atoms with E-state index in [9.17, 15) is 0 Å². The van der Waals surface area contributed by atoms with Crippen LogP contribution in [0.1, 0.15) is 130 Å². The molecule has 3 aromatic carbocycles. The van der Waals surface area contributed by atoms with Crippen LogP contribution in [0, 0.1) is 0 Å². The molecule has 0 aliphatic heterocycles. The Labute approximate surface area is 257 Å². The first-order valence-electron chi connectivity index (χ1n) is 15.8. The number of rotatable bonds is 11. The highest BCUT2D eigenvalue weighted by atomic mass is 16.7. The highest BCUT2D eigenvalue weighted by Gasteiger charge is 2.12. The summed E-state index contributed by atoms with van der Waals surface area (Å²) in [5.41, 5.74) is 3.93. The van der Waals surface area contributed by atoms with Crippen molar-refractivity contribution in [2.45, 2.75) is 125 Å². The predicted molar refractivity (Wildman–Crippen MR) is 179 cm³/mol. The van der Waals surface area contributed by atoms with Gasteiger partial charge in [0.05, 0.1) is 0 Å². The molecular weight excluding hydrogens is 520 g/mol. The highest BCUT2D eigenvalue weighted by molar-refractivity contribution is 5.30. The molecule has 0 saturated carbocycles. The molecule has 4 atom stereocenters. The maximum atomic E-state index is 9.01. The highest BCUT2D eigenvalue weighted by Crippen LogP contribution is 2.24. The largest absolute Gasteiger partial charge is 0.508 e. The quantitative estimate of drug-likeness (QED) is 0.230. The van der Waals surface area contributed by atoms with E-state index in [1.165, 1.54) is 23.1 Å². The lowest BCUT2D eigenvalue weighted by Gasteiger charge is -2.21. The maximum absolute atomic E-state index is 9.01. The van der Waals surface area contributed by atoms with Crippen molar-refractivity contribution in [3.63, 3.8) is 0 Å². The molecule has 0 fully saturated rings. The first kappa shape index (κ1) is 37.0. The number of hydrogen-bond donors (Lipinski definition) is 1. The number of aromatic hydroxyl groups is 1. The standard InChI is InChI=1S/C14H22O2.C14H22O.C10H14O/c1-5-11(3)13-7-9-14(10-8-13)16-12(4)15-6-2;1-6-11(2)12-7-9-13(10-8-12)15-14(3,4)5;1-3-8(2)9-4-6-10(11)7-5-9/h7-12H,5-6H2,1-4H3;7-11H,6H2,1-5H3;4-8,11H,3H2,1-2H3. The van der Waals surface area contributed by atoms with Gasteiger partial charge in [-0.2, -0.15) is 0 Å². The number of phenols is 1. The Morgan fingerprint density at radius 1 is 0.571 bits per heavy atom. The molecule has 0 aliphatic rings. The van der Waals surface area contributed by atoms with Gasteiger partial charge in [-0.3, -0.25) is 0 Å². The van der Waals surface area contributed by atoms with Crippen LogP contribution in [0.25, 0.3) is 0 Å². The number of ether oxygens (including phenoxy) is 3. The zero-order valence-corrected chi connectivity index (χ0v) is 28.2. The summed E-state index contributed by atoms with van der Waals surface area (Å²) >= 11 is 0. The molecule has 0 saturated heterocycles. The number of hydrogen-bond acceptors (Lipinski definition) is 4. The summed E-state index contributed by atoms with van der Waals surface area (Å²) < 4.78 is 16.7. The first-order valence-corrected chi connectivity index (χ1v) is 15.8. The minimum atomic E-state index is -0.181. The Morgan fingerprint density at radius 3 is 1.26 bits per heavy atom. The first-order chi connectivity index (χ1) is 19.8. The van der Waals surface area contributed by atoms with Crippen LogP contribution in [-0.2, 0) is 4.74 Å². The molecule has 3 aromatic rings. The lowest BCUT2D eigenvalue weighted by molar-refractivity contribution is -0.0613. The Hall–Kier alpha value is -2.98. The maximum Gasteiger partial charge on any atom is 0.196 e. The molecule has 3 rings (SSSR count). The SMILES string of the molecule is CCC(C)c1ccc(O)cc1.CCC(C)c1ccc(OC(C)(C)C)cc1.CCOC(C)Oc1ccc(C(C)CC)cc1. The number of benzene rings is 3. The summed E-state index contributed by atoms with van der Waals surface area (Å²) in [7, 11) is 0. The van der Waals surface area contributed by atoms with Gasteiger partial charge in [-0.05, 0) is 125 Å². The predicted octanol–water partition coefficient (Wildman–Crippen LogP) is 11.2. The van der Waals surface area contributed by atoms with Crippen LogP contribution < -0.4 is 9.47 Å². The molecule has 0 amide bonds. The second kappa shape index (κ2) is 19.3. The third-order valence-electron chi connectivity index (χ3n) is 7.32. The van der Waals surface area contributed by atoms with Crippen LogP contribution in [0.15, 0.2) is 72.8 Å². The summed E-state index contributed by atoms with van der Waals surface area (Å²) in [5, 5.41) is 9.01. The third-order valence-corrected chi connectivity index (χ3v) is 7.32. The molecule has 0 radical (unpaired) electrons. The van der Waals surface area contributed by atoms with E-state index in [0.29, 0.717) is 30.1 Å². The lowest BCUT2D eigenvalue weighted by Crippen LogP contribution is -2.22. The average molecular weight is 579 g/mol. The van der Waals surface area contributed by atoms with E-state index in [4.69, 9.17) is 19.3 Å². The normalized spacial score (nSPS) is 13.8. The average Bonchev–Trinajstić information content (AvgIpc) is 2.97. The summed E-state index contributed by atoms with van der Waals surface area (Å²) in [6.45, 7) is 24.0. The third kappa shape index (κ3) is 14.8. The fourth-order valence-corrected chi connectivity index (χ4v) is 4.06. The molecule has 42 heavy (non-hydrogen) atoms. The van der Waals surface area contributed by atoms with Crippen molar-refractivity contribution >= 4 is 0 Å². The summed E-state index contributed by atoms with van der Waals surface area (Å²) in [6, 6.07) is 24.2. The van der Waals surface area contributed by atoms with Gasteiger partial charge in [0.2, 0.25) is 0 Å². The fourth-order valence-electron chi connectivity index (χ4n) is 4.06. The number of phenolic OH excluding ortho intramolecular Hbond substituents is 1. The van der Waals surface area contributed by atoms with Gasteiger partial charge >= 0.3 is 0 Å². The Kier molecular flexibility index (Phi) is 17.0. The van der Waals surface area contributed by atoms with Crippen LogP contribution in [0.5, 0.6) is 17.2 Å². The van der Waals surface area contributed by atoms with Crippen LogP contribution in [0.4, 0.5) is 0 Å². The Morgan fingerprint density at radius 2 is 0.929 bits per heavy atom. The van der Waals surface area contributed by atoms with Gasteiger partial charge in [0.15, 0.2) is 6.29 Å². The molecule has 0 bridgehead atoms. The molecule has 234 valence electrons. The van der Waals surface area contributed by atoms with Gasteiger partial charge in [0.1, 0.15) is 22.8 Å². The van der Waals surface area contributed by atoms with E-state index in [1.54, 1.807) is 12.1 Å². The summed E-state index contributed by atoms with van der Waals surface area (Å²) in [5.74, 6) is 4.00. The van der Waals surface area contributed by atoms with E-state index in [2.05, 4.69) is 98.7 Å². The van der Waals surface area contributed by atoms with Crippen LogP contribution in [0.2, 0.25) is 0 Å². The van der Waals surface area contributed by atoms with Gasteiger partial charge in [-0.1, -0.05) is 77.9 Å². The summed E-state index contributed by atoms with van der Waals surface area (Å²) in [4.78, 5) is 0. The van der Waals surface area contributed by atoms with E-state index >= 15 is 0 Å². The molecule has 4 unspecified atom stereocenters. The second-order valence-corrected chi connectivity index (χ2v) is 12.0. The van der Waals surface area contributed by atoms with Crippen molar-refractivity contribution < 1.29 is 19.3 Å². The van der Waals surface area contributed by atoms with E-state index in [0.717, 1.165) is 24.3 Å². The monoisotopic (exact) mass is 578 g/mol. The fraction of sp³-hybridized carbons (Fsp3) is 0.526. The summed E-state index contributed by atoms with van der Waals surface area (Å²) in [6.07, 6.45) is 3.30. The molecule has 4 nitrogen and oxygen atoms in total. The molecule has 0 aliphatic carbocycles.